The van der Waals surface area contributed by atoms with Crippen LogP contribution in [0.2, 0.25) is 5.02 Å². The highest BCUT2D eigenvalue weighted by Gasteiger charge is 2.09. The van der Waals surface area contributed by atoms with Gasteiger partial charge < -0.3 is 9.15 Å². The number of nitrogens with zero attached hydrogens (tertiary/aromatic N) is 2. The number of methoxy groups -OCH3 is 1. The van der Waals surface area contributed by atoms with Crippen LogP contribution in [0.1, 0.15) is 11.5 Å². The van der Waals surface area contributed by atoms with E-state index in [-0.39, 0.29) is 0 Å². The summed E-state index contributed by atoms with van der Waals surface area (Å²) in [6.45, 7) is 0. The highest BCUT2D eigenvalue weighted by molar-refractivity contribution is 6.30. The van der Waals surface area contributed by atoms with Crippen LogP contribution in [-0.4, -0.2) is 17.3 Å². The van der Waals surface area contributed by atoms with Gasteiger partial charge in [0.25, 0.3) is 0 Å². The Labute approximate surface area is 127 Å². The van der Waals surface area contributed by atoms with Gasteiger partial charge in [-0.3, -0.25) is 0 Å². The van der Waals surface area contributed by atoms with Crippen molar-refractivity contribution < 1.29 is 9.15 Å². The van der Waals surface area contributed by atoms with Gasteiger partial charge in [-0.2, -0.15) is 0 Å². The second-order valence-electron chi connectivity index (χ2n) is 4.53. The van der Waals surface area contributed by atoms with E-state index in [4.69, 9.17) is 20.8 Å². The zero-order chi connectivity index (χ0) is 14.7. The minimum atomic E-state index is 0.496. The number of rotatable bonds is 4. The molecular formula is C16H13ClN2O2. The Balaban J connectivity index is 1.76. The molecule has 4 nitrogen and oxygen atoms in total. The van der Waals surface area contributed by atoms with Gasteiger partial charge in [-0.15, -0.1) is 10.2 Å². The summed E-state index contributed by atoms with van der Waals surface area (Å²) in [4.78, 5) is 0. The molecule has 0 atom stereocenters. The first-order chi connectivity index (χ1) is 10.2. The third-order valence-electron chi connectivity index (χ3n) is 3.07. The molecule has 0 aliphatic carbocycles. The van der Waals surface area contributed by atoms with E-state index in [9.17, 15) is 0 Å². The van der Waals surface area contributed by atoms with Crippen molar-refractivity contribution >= 4 is 11.6 Å². The van der Waals surface area contributed by atoms with E-state index in [0.29, 0.717) is 23.2 Å². The van der Waals surface area contributed by atoms with Crippen LogP contribution in [0.3, 0.4) is 0 Å². The Hall–Kier alpha value is -2.33. The van der Waals surface area contributed by atoms with E-state index < -0.39 is 0 Å². The SMILES string of the molecule is COc1ccc(Cc2nnc(-c3ccc(Cl)cc3)o2)cc1. The number of hydrogen-bond donors (Lipinski definition) is 0. The molecule has 21 heavy (non-hydrogen) atoms. The summed E-state index contributed by atoms with van der Waals surface area (Å²) in [7, 11) is 1.64. The summed E-state index contributed by atoms with van der Waals surface area (Å²) in [5.41, 5.74) is 1.94. The summed E-state index contributed by atoms with van der Waals surface area (Å²) in [6.07, 6.45) is 0.588. The molecule has 0 aliphatic heterocycles. The first kappa shape index (κ1) is 13.6. The monoisotopic (exact) mass is 300 g/mol. The number of hydrogen-bond acceptors (Lipinski definition) is 4. The first-order valence-electron chi connectivity index (χ1n) is 6.46. The summed E-state index contributed by atoms with van der Waals surface area (Å²) in [6, 6.07) is 15.1. The molecular weight excluding hydrogens is 288 g/mol. The van der Waals surface area contributed by atoms with Crippen molar-refractivity contribution in [1.82, 2.24) is 10.2 Å². The smallest absolute Gasteiger partial charge is 0.247 e. The molecule has 0 unspecified atom stereocenters. The number of benzene rings is 2. The van der Waals surface area contributed by atoms with E-state index in [1.165, 1.54) is 0 Å². The lowest BCUT2D eigenvalue weighted by molar-refractivity contribution is 0.414. The first-order valence-corrected chi connectivity index (χ1v) is 6.83. The van der Waals surface area contributed by atoms with Crippen LogP contribution in [0.5, 0.6) is 5.75 Å². The lowest BCUT2D eigenvalue weighted by Crippen LogP contribution is -1.89. The van der Waals surface area contributed by atoms with Crippen molar-refractivity contribution in [3.63, 3.8) is 0 Å². The predicted octanol–water partition coefficient (Wildman–Crippen LogP) is 3.99. The Bertz CT molecular complexity index is 721. The van der Waals surface area contributed by atoms with Crippen molar-refractivity contribution in [3.8, 4) is 17.2 Å². The molecule has 0 radical (unpaired) electrons. The Kier molecular flexibility index (Phi) is 3.88. The Morgan fingerprint density at radius 1 is 1.00 bits per heavy atom. The third-order valence-corrected chi connectivity index (χ3v) is 3.32. The van der Waals surface area contributed by atoms with Gasteiger partial charge in [-0.1, -0.05) is 23.7 Å². The second-order valence-corrected chi connectivity index (χ2v) is 4.97. The molecule has 3 aromatic rings. The van der Waals surface area contributed by atoms with Gasteiger partial charge in [-0.05, 0) is 42.0 Å². The average Bonchev–Trinajstić information content (AvgIpc) is 2.97. The lowest BCUT2D eigenvalue weighted by Gasteiger charge is -2.00. The van der Waals surface area contributed by atoms with Gasteiger partial charge in [0.15, 0.2) is 0 Å². The van der Waals surface area contributed by atoms with Crippen molar-refractivity contribution in [1.29, 1.82) is 0 Å². The zero-order valence-corrected chi connectivity index (χ0v) is 12.2. The van der Waals surface area contributed by atoms with Crippen molar-refractivity contribution in [2.45, 2.75) is 6.42 Å². The van der Waals surface area contributed by atoms with Crippen LogP contribution in [-0.2, 0) is 6.42 Å². The molecule has 0 bridgehead atoms. The van der Waals surface area contributed by atoms with Gasteiger partial charge in [-0.25, -0.2) is 0 Å². The molecule has 0 saturated heterocycles. The maximum atomic E-state index is 5.86. The molecule has 106 valence electrons. The molecule has 0 saturated carbocycles. The fourth-order valence-corrected chi connectivity index (χ4v) is 2.08. The van der Waals surface area contributed by atoms with E-state index in [1.807, 2.05) is 36.4 Å². The molecule has 0 spiro atoms. The molecule has 0 fully saturated rings. The Morgan fingerprint density at radius 3 is 2.38 bits per heavy atom. The van der Waals surface area contributed by atoms with E-state index in [2.05, 4.69) is 10.2 Å². The Morgan fingerprint density at radius 2 is 1.71 bits per heavy atom. The highest BCUT2D eigenvalue weighted by Crippen LogP contribution is 2.21. The normalized spacial score (nSPS) is 10.6. The second kappa shape index (κ2) is 5.97. The quantitative estimate of drug-likeness (QED) is 0.731. The minimum Gasteiger partial charge on any atom is -0.497 e. The summed E-state index contributed by atoms with van der Waals surface area (Å²) >= 11 is 5.86. The van der Waals surface area contributed by atoms with Crippen LogP contribution >= 0.6 is 11.6 Å². The van der Waals surface area contributed by atoms with Crippen molar-refractivity contribution in [3.05, 3.63) is 65.0 Å². The average molecular weight is 301 g/mol. The molecule has 3 rings (SSSR count). The van der Waals surface area contributed by atoms with Crippen LogP contribution in [0, 0.1) is 0 Å². The van der Waals surface area contributed by atoms with E-state index in [0.717, 1.165) is 16.9 Å². The molecule has 2 aromatic carbocycles. The van der Waals surface area contributed by atoms with Gasteiger partial charge in [0.1, 0.15) is 5.75 Å². The zero-order valence-electron chi connectivity index (χ0n) is 11.4. The van der Waals surface area contributed by atoms with E-state index in [1.54, 1.807) is 19.2 Å². The van der Waals surface area contributed by atoms with Gasteiger partial charge in [0.05, 0.1) is 13.5 Å². The topological polar surface area (TPSA) is 48.2 Å². The van der Waals surface area contributed by atoms with Gasteiger partial charge >= 0.3 is 0 Å². The van der Waals surface area contributed by atoms with Crippen LogP contribution in [0.25, 0.3) is 11.5 Å². The third kappa shape index (κ3) is 3.23. The maximum Gasteiger partial charge on any atom is 0.247 e. The van der Waals surface area contributed by atoms with Gasteiger partial charge in [0.2, 0.25) is 11.8 Å². The van der Waals surface area contributed by atoms with Crippen molar-refractivity contribution in [2.75, 3.05) is 7.11 Å². The summed E-state index contributed by atoms with van der Waals surface area (Å²) in [5, 5.41) is 8.81. The van der Waals surface area contributed by atoms with Crippen LogP contribution in [0.15, 0.2) is 52.9 Å². The fourth-order valence-electron chi connectivity index (χ4n) is 1.95. The number of aromatic nitrogens is 2. The molecule has 1 aromatic heterocycles. The summed E-state index contributed by atoms with van der Waals surface area (Å²) in [5.74, 6) is 1.89. The minimum absolute atomic E-state index is 0.496. The maximum absolute atomic E-state index is 5.86. The molecule has 1 heterocycles. The lowest BCUT2D eigenvalue weighted by atomic mass is 10.1. The molecule has 0 aliphatic rings. The van der Waals surface area contributed by atoms with E-state index >= 15 is 0 Å². The number of ether oxygens (including phenoxy) is 1. The molecule has 0 amide bonds. The fraction of sp³-hybridized carbons (Fsp3) is 0.125. The van der Waals surface area contributed by atoms with Crippen molar-refractivity contribution in [2.24, 2.45) is 0 Å². The highest BCUT2D eigenvalue weighted by atomic mass is 35.5. The summed E-state index contributed by atoms with van der Waals surface area (Å²) < 4.78 is 10.8. The van der Waals surface area contributed by atoms with Gasteiger partial charge in [0, 0.05) is 10.6 Å². The molecule has 0 N–H and O–H groups in total. The van der Waals surface area contributed by atoms with Crippen LogP contribution < -0.4 is 4.74 Å². The predicted molar refractivity (Wildman–Crippen MR) is 80.5 cm³/mol. The number of halogens is 1. The standard InChI is InChI=1S/C16H13ClN2O2/c1-20-14-8-2-11(3-9-14)10-15-18-19-16(21-15)12-4-6-13(17)7-5-12/h2-9H,10H2,1H3. The van der Waals surface area contributed by atoms with Crippen LogP contribution in [0.4, 0.5) is 0 Å². The molecule has 5 heteroatoms. The largest absolute Gasteiger partial charge is 0.497 e.